The number of rotatable bonds is 2. The predicted octanol–water partition coefficient (Wildman–Crippen LogP) is 6.70. The number of aromatic nitrogens is 1. The van der Waals surface area contributed by atoms with Crippen LogP contribution in [0.5, 0.6) is 0 Å². The largest absolute Gasteiger partial charge is 0.455 e. The standard InChI is InChI=1S/C28H30NOSi/c1-17-14-22-21-10-8-9-11-25(21)30-28(22)27(19(17)3)23-13-12-20-16-26(31(5,6)7)18(2)15-24(20)29(23)4/h8-16H,1-7H3/q+1. The van der Waals surface area contributed by atoms with Crippen LogP contribution in [0.1, 0.15) is 16.7 Å². The molecule has 2 nitrogen and oxygen atoms in total. The molecule has 5 aromatic rings. The van der Waals surface area contributed by atoms with Gasteiger partial charge >= 0.3 is 0 Å². The molecule has 5 rings (SSSR count). The summed E-state index contributed by atoms with van der Waals surface area (Å²) in [7, 11) is 0.796. The number of pyridine rings is 1. The molecule has 0 N–H and O–H groups in total. The zero-order valence-electron chi connectivity index (χ0n) is 19.6. The van der Waals surface area contributed by atoms with E-state index in [1.165, 1.54) is 49.6 Å². The molecule has 0 radical (unpaired) electrons. The minimum atomic E-state index is -1.39. The van der Waals surface area contributed by atoms with Crippen LogP contribution in [0.4, 0.5) is 0 Å². The lowest BCUT2D eigenvalue weighted by atomic mass is 9.96. The molecule has 2 aromatic heterocycles. The van der Waals surface area contributed by atoms with Gasteiger partial charge in [-0.25, -0.2) is 0 Å². The number of hydrogen-bond donors (Lipinski definition) is 0. The quantitative estimate of drug-likeness (QED) is 0.228. The minimum absolute atomic E-state index is 0.947. The van der Waals surface area contributed by atoms with Gasteiger partial charge in [-0.05, 0) is 61.7 Å². The Morgan fingerprint density at radius 3 is 2.29 bits per heavy atom. The van der Waals surface area contributed by atoms with Crippen LogP contribution in [-0.2, 0) is 7.05 Å². The fourth-order valence-corrected chi connectivity index (χ4v) is 6.84. The number of furan rings is 1. The lowest BCUT2D eigenvalue weighted by Gasteiger charge is -2.20. The zero-order chi connectivity index (χ0) is 22.1. The highest BCUT2D eigenvalue weighted by Gasteiger charge is 2.25. The number of nitrogens with zero attached hydrogens (tertiary/aromatic N) is 1. The summed E-state index contributed by atoms with van der Waals surface area (Å²) in [6, 6.07) is 19.9. The first-order valence-corrected chi connectivity index (χ1v) is 14.5. The molecule has 0 spiro atoms. The molecule has 0 aliphatic carbocycles. The highest BCUT2D eigenvalue weighted by Crippen LogP contribution is 2.38. The molecule has 0 aliphatic heterocycles. The molecule has 0 saturated heterocycles. The van der Waals surface area contributed by atoms with E-state index in [-0.39, 0.29) is 0 Å². The molecule has 0 aliphatic rings. The second kappa shape index (κ2) is 6.79. The van der Waals surface area contributed by atoms with E-state index < -0.39 is 8.07 Å². The van der Waals surface area contributed by atoms with Gasteiger partial charge in [0.25, 0.3) is 0 Å². The van der Waals surface area contributed by atoms with E-state index in [2.05, 4.69) is 101 Å². The van der Waals surface area contributed by atoms with Crippen molar-refractivity contribution in [2.75, 3.05) is 0 Å². The number of para-hydroxylation sites is 1. The third kappa shape index (κ3) is 3.02. The maximum Gasteiger partial charge on any atom is 0.216 e. The fourth-order valence-electron chi connectivity index (χ4n) is 5.00. The first kappa shape index (κ1) is 20.0. The first-order chi connectivity index (χ1) is 14.7. The third-order valence-electron chi connectivity index (χ3n) is 6.77. The lowest BCUT2D eigenvalue weighted by Crippen LogP contribution is -2.40. The Bertz CT molecular complexity index is 1500. The van der Waals surface area contributed by atoms with Gasteiger partial charge in [0, 0.05) is 28.3 Å². The summed E-state index contributed by atoms with van der Waals surface area (Å²) in [5.74, 6) is 0. The van der Waals surface area contributed by atoms with E-state index in [9.17, 15) is 0 Å². The molecule has 0 amide bonds. The third-order valence-corrected chi connectivity index (χ3v) is 8.92. The summed E-state index contributed by atoms with van der Waals surface area (Å²) in [6.07, 6.45) is 0. The number of benzene rings is 3. The molecule has 0 atom stereocenters. The molecule has 3 heteroatoms. The van der Waals surface area contributed by atoms with Crippen LogP contribution in [0.25, 0.3) is 44.1 Å². The van der Waals surface area contributed by atoms with Crippen molar-refractivity contribution in [1.82, 2.24) is 0 Å². The highest BCUT2D eigenvalue weighted by atomic mass is 28.3. The first-order valence-electron chi connectivity index (χ1n) is 11.0. The molecular formula is C28H30NOSi+. The van der Waals surface area contributed by atoms with E-state index in [1.807, 2.05) is 6.07 Å². The van der Waals surface area contributed by atoms with Crippen molar-refractivity contribution >= 4 is 46.1 Å². The van der Waals surface area contributed by atoms with Crippen molar-refractivity contribution in [2.24, 2.45) is 7.05 Å². The Kier molecular flexibility index (Phi) is 4.39. The average molecular weight is 425 g/mol. The molecule has 3 aromatic carbocycles. The maximum absolute atomic E-state index is 6.42. The number of hydrogen-bond acceptors (Lipinski definition) is 1. The van der Waals surface area contributed by atoms with E-state index >= 15 is 0 Å². The average Bonchev–Trinajstić information content (AvgIpc) is 3.07. The Balaban J connectivity index is 1.85. The van der Waals surface area contributed by atoms with E-state index in [0.717, 1.165) is 11.2 Å². The van der Waals surface area contributed by atoms with Crippen molar-refractivity contribution in [3.8, 4) is 11.3 Å². The van der Waals surface area contributed by atoms with Crippen molar-refractivity contribution in [3.05, 3.63) is 71.3 Å². The van der Waals surface area contributed by atoms with Crippen LogP contribution in [0, 0.1) is 20.8 Å². The maximum atomic E-state index is 6.42. The molecular weight excluding hydrogens is 394 g/mol. The zero-order valence-corrected chi connectivity index (χ0v) is 20.6. The van der Waals surface area contributed by atoms with Gasteiger partial charge in [0.1, 0.15) is 18.2 Å². The Hall–Kier alpha value is -2.91. The monoisotopic (exact) mass is 424 g/mol. The minimum Gasteiger partial charge on any atom is -0.455 e. The Labute approximate surface area is 185 Å². The second-order valence-corrected chi connectivity index (χ2v) is 15.0. The summed E-state index contributed by atoms with van der Waals surface area (Å²) in [6.45, 7) is 13.9. The van der Waals surface area contributed by atoms with Crippen molar-refractivity contribution in [3.63, 3.8) is 0 Å². The van der Waals surface area contributed by atoms with Gasteiger partial charge in [0.2, 0.25) is 11.2 Å². The van der Waals surface area contributed by atoms with Crippen LogP contribution in [0.15, 0.2) is 59.0 Å². The lowest BCUT2D eigenvalue weighted by molar-refractivity contribution is -0.633. The van der Waals surface area contributed by atoms with Gasteiger partial charge in [0.15, 0.2) is 0 Å². The van der Waals surface area contributed by atoms with Crippen LogP contribution in [0.2, 0.25) is 19.6 Å². The molecule has 0 unspecified atom stereocenters. The molecule has 0 saturated carbocycles. The van der Waals surface area contributed by atoms with E-state index in [4.69, 9.17) is 4.42 Å². The van der Waals surface area contributed by atoms with Crippen molar-refractivity contribution in [1.29, 1.82) is 0 Å². The van der Waals surface area contributed by atoms with Crippen LogP contribution >= 0.6 is 0 Å². The van der Waals surface area contributed by atoms with Crippen LogP contribution < -0.4 is 9.75 Å². The molecule has 0 fully saturated rings. The molecule has 31 heavy (non-hydrogen) atoms. The topological polar surface area (TPSA) is 17.0 Å². The van der Waals surface area contributed by atoms with Crippen molar-refractivity contribution in [2.45, 2.75) is 40.4 Å². The summed E-state index contributed by atoms with van der Waals surface area (Å²) in [4.78, 5) is 0. The van der Waals surface area contributed by atoms with Gasteiger partial charge in [-0.1, -0.05) is 43.0 Å². The predicted molar refractivity (Wildman–Crippen MR) is 135 cm³/mol. The molecule has 156 valence electrons. The molecule has 0 bridgehead atoms. The van der Waals surface area contributed by atoms with Gasteiger partial charge in [-0.3, -0.25) is 0 Å². The second-order valence-electron chi connectivity index (χ2n) is 9.92. The van der Waals surface area contributed by atoms with E-state index in [1.54, 1.807) is 5.19 Å². The van der Waals surface area contributed by atoms with Gasteiger partial charge in [-0.15, -0.1) is 0 Å². The summed E-state index contributed by atoms with van der Waals surface area (Å²) in [5.41, 5.74) is 9.55. The van der Waals surface area contributed by atoms with Gasteiger partial charge in [-0.2, -0.15) is 4.57 Å². The SMILES string of the molecule is Cc1cc2c(ccc(-c3c(C)c(C)cc4c3oc3ccccc34)[n+]2C)cc1[Si](C)(C)C. The van der Waals surface area contributed by atoms with Gasteiger partial charge in [0.05, 0.1) is 13.6 Å². The summed E-state index contributed by atoms with van der Waals surface area (Å²) < 4.78 is 8.76. The summed E-state index contributed by atoms with van der Waals surface area (Å²) >= 11 is 0. The fraction of sp³-hybridized carbons (Fsp3) is 0.250. The van der Waals surface area contributed by atoms with E-state index in [0.29, 0.717) is 0 Å². The molecule has 2 heterocycles. The Morgan fingerprint density at radius 2 is 1.55 bits per heavy atom. The number of fused-ring (bicyclic) bond motifs is 4. The van der Waals surface area contributed by atoms with Crippen LogP contribution in [0.3, 0.4) is 0 Å². The highest BCUT2D eigenvalue weighted by molar-refractivity contribution is 6.89. The smallest absolute Gasteiger partial charge is 0.216 e. The normalized spacial score (nSPS) is 12.4. The number of aryl methyl sites for hydroxylation is 3. The Morgan fingerprint density at radius 1 is 0.806 bits per heavy atom. The van der Waals surface area contributed by atoms with Crippen LogP contribution in [-0.4, -0.2) is 8.07 Å². The van der Waals surface area contributed by atoms with Gasteiger partial charge < -0.3 is 4.42 Å². The summed E-state index contributed by atoms with van der Waals surface area (Å²) in [5, 5.41) is 5.22. The van der Waals surface area contributed by atoms with Crippen molar-refractivity contribution < 1.29 is 8.98 Å².